The van der Waals surface area contributed by atoms with Gasteiger partial charge in [0.2, 0.25) is 0 Å². The molecule has 62 valence electrons. The molecule has 0 fully saturated rings. The van der Waals surface area contributed by atoms with Crippen molar-refractivity contribution in [3.8, 4) is 0 Å². The van der Waals surface area contributed by atoms with Gasteiger partial charge in [0.1, 0.15) is 5.76 Å². The second-order valence-electron chi connectivity index (χ2n) is 2.40. The van der Waals surface area contributed by atoms with E-state index in [1.165, 1.54) is 0 Å². The normalized spacial score (nSPS) is 10.4. The van der Waals surface area contributed by atoms with E-state index >= 15 is 0 Å². The minimum Gasteiger partial charge on any atom is -0.468 e. The molecule has 1 aromatic heterocycles. The summed E-state index contributed by atoms with van der Waals surface area (Å²) in [5.74, 6) is 1.04. The number of hydrogen-bond donors (Lipinski definition) is 1. The van der Waals surface area contributed by atoms with Crippen LogP contribution in [0.4, 0.5) is 0 Å². The lowest BCUT2D eigenvalue weighted by Crippen LogP contribution is -2.08. The molecule has 0 unspecified atom stereocenters. The Morgan fingerprint density at radius 2 is 2.45 bits per heavy atom. The first kappa shape index (κ1) is 8.81. The van der Waals surface area contributed by atoms with Gasteiger partial charge < -0.3 is 9.73 Å². The maximum absolute atomic E-state index is 5.24. The van der Waals surface area contributed by atoms with Gasteiger partial charge >= 0.3 is 0 Å². The van der Waals surface area contributed by atoms with Crippen molar-refractivity contribution in [2.45, 2.75) is 12.8 Å². The molecule has 3 heteroatoms. The van der Waals surface area contributed by atoms with Gasteiger partial charge in [0.25, 0.3) is 0 Å². The summed E-state index contributed by atoms with van der Waals surface area (Å²) in [7, 11) is 1.96. The molecule has 0 bridgehead atoms. The molecule has 0 spiro atoms. The van der Waals surface area contributed by atoms with Gasteiger partial charge in [-0.1, -0.05) is 0 Å². The number of rotatable bonds is 4. The summed E-state index contributed by atoms with van der Waals surface area (Å²) >= 11 is 3.40. The second-order valence-corrected chi connectivity index (χ2v) is 3.25. The predicted molar refractivity (Wildman–Crippen MR) is 48.7 cm³/mol. The summed E-state index contributed by atoms with van der Waals surface area (Å²) in [6.45, 7) is 1.03. The predicted octanol–water partition coefficient (Wildman–Crippen LogP) is 2.19. The highest BCUT2D eigenvalue weighted by atomic mass is 79.9. The van der Waals surface area contributed by atoms with Gasteiger partial charge in [-0.3, -0.25) is 0 Å². The molecule has 1 rings (SSSR count). The molecule has 0 aliphatic carbocycles. The van der Waals surface area contributed by atoms with Crippen molar-refractivity contribution in [3.63, 3.8) is 0 Å². The van der Waals surface area contributed by atoms with E-state index in [0.717, 1.165) is 29.6 Å². The molecule has 0 atom stereocenters. The Labute approximate surface area is 75.1 Å². The van der Waals surface area contributed by atoms with Crippen LogP contribution in [0.2, 0.25) is 0 Å². The molecule has 0 aliphatic rings. The van der Waals surface area contributed by atoms with Crippen molar-refractivity contribution in [2.75, 3.05) is 13.6 Å². The first-order valence-electron chi connectivity index (χ1n) is 3.71. The lowest BCUT2D eigenvalue weighted by atomic mass is 10.2. The molecule has 0 radical (unpaired) electrons. The number of halogens is 1. The van der Waals surface area contributed by atoms with Crippen LogP contribution in [0, 0.1) is 0 Å². The Morgan fingerprint density at radius 3 is 3.00 bits per heavy atom. The Morgan fingerprint density at radius 1 is 1.64 bits per heavy atom. The number of hydrogen-bond acceptors (Lipinski definition) is 2. The van der Waals surface area contributed by atoms with E-state index in [1.807, 2.05) is 13.1 Å². The SMILES string of the molecule is CNCCCc1occc1Br. The third-order valence-corrected chi connectivity index (χ3v) is 2.23. The van der Waals surface area contributed by atoms with Crippen LogP contribution in [0.15, 0.2) is 21.2 Å². The lowest BCUT2D eigenvalue weighted by molar-refractivity contribution is 0.497. The Balaban J connectivity index is 2.32. The first-order valence-corrected chi connectivity index (χ1v) is 4.50. The van der Waals surface area contributed by atoms with Crippen LogP contribution in [0.3, 0.4) is 0 Å². The topological polar surface area (TPSA) is 25.2 Å². The molecule has 11 heavy (non-hydrogen) atoms. The van der Waals surface area contributed by atoms with Crippen LogP contribution < -0.4 is 5.32 Å². The number of nitrogens with one attached hydrogen (secondary N) is 1. The first-order chi connectivity index (χ1) is 5.34. The van der Waals surface area contributed by atoms with Crippen LogP contribution in [0.1, 0.15) is 12.2 Å². The highest BCUT2D eigenvalue weighted by Gasteiger charge is 2.01. The van der Waals surface area contributed by atoms with Gasteiger partial charge in [0.05, 0.1) is 10.7 Å². The van der Waals surface area contributed by atoms with E-state index in [2.05, 4.69) is 21.2 Å². The Hall–Kier alpha value is -0.280. The maximum atomic E-state index is 5.24. The van der Waals surface area contributed by atoms with Crippen molar-refractivity contribution >= 4 is 15.9 Å². The van der Waals surface area contributed by atoms with Crippen molar-refractivity contribution in [1.29, 1.82) is 0 Å². The fourth-order valence-corrected chi connectivity index (χ4v) is 1.33. The third-order valence-electron chi connectivity index (χ3n) is 1.52. The molecular formula is C8H12BrNO. The van der Waals surface area contributed by atoms with Gasteiger partial charge in [-0.15, -0.1) is 0 Å². The van der Waals surface area contributed by atoms with Gasteiger partial charge in [0, 0.05) is 6.42 Å². The standard InChI is InChI=1S/C8H12BrNO/c1-10-5-2-3-8-7(9)4-6-11-8/h4,6,10H,2-3,5H2,1H3. The molecule has 1 aromatic rings. The molecule has 0 aromatic carbocycles. The molecular weight excluding hydrogens is 206 g/mol. The quantitative estimate of drug-likeness (QED) is 0.783. The highest BCUT2D eigenvalue weighted by Crippen LogP contribution is 2.18. The van der Waals surface area contributed by atoms with E-state index in [9.17, 15) is 0 Å². The van der Waals surface area contributed by atoms with E-state index < -0.39 is 0 Å². The van der Waals surface area contributed by atoms with Gasteiger partial charge in [-0.05, 0) is 42.0 Å². The van der Waals surface area contributed by atoms with Crippen LogP contribution in [-0.2, 0) is 6.42 Å². The smallest absolute Gasteiger partial charge is 0.117 e. The molecule has 1 heterocycles. The largest absolute Gasteiger partial charge is 0.468 e. The van der Waals surface area contributed by atoms with Gasteiger partial charge in [-0.2, -0.15) is 0 Å². The third kappa shape index (κ3) is 2.67. The molecule has 0 saturated carbocycles. The Bertz CT molecular complexity index is 210. The van der Waals surface area contributed by atoms with E-state index in [1.54, 1.807) is 6.26 Å². The zero-order valence-corrected chi connectivity index (χ0v) is 8.15. The molecule has 1 N–H and O–H groups in total. The van der Waals surface area contributed by atoms with Crippen molar-refractivity contribution < 1.29 is 4.42 Å². The highest BCUT2D eigenvalue weighted by molar-refractivity contribution is 9.10. The van der Waals surface area contributed by atoms with Gasteiger partial charge in [0.15, 0.2) is 0 Å². The summed E-state index contributed by atoms with van der Waals surface area (Å²) in [5, 5.41) is 3.09. The summed E-state index contributed by atoms with van der Waals surface area (Å²) < 4.78 is 6.31. The van der Waals surface area contributed by atoms with Crippen LogP contribution in [0.25, 0.3) is 0 Å². The lowest BCUT2D eigenvalue weighted by Gasteiger charge is -1.96. The molecule has 0 amide bonds. The number of furan rings is 1. The molecule has 0 saturated heterocycles. The monoisotopic (exact) mass is 217 g/mol. The summed E-state index contributed by atoms with van der Waals surface area (Å²) in [6.07, 6.45) is 3.82. The summed E-state index contributed by atoms with van der Waals surface area (Å²) in [5.41, 5.74) is 0. The Kier molecular flexibility index (Phi) is 3.66. The van der Waals surface area contributed by atoms with Crippen LogP contribution in [-0.4, -0.2) is 13.6 Å². The zero-order chi connectivity index (χ0) is 8.10. The van der Waals surface area contributed by atoms with Gasteiger partial charge in [-0.25, -0.2) is 0 Å². The average Bonchev–Trinajstić information content (AvgIpc) is 2.37. The van der Waals surface area contributed by atoms with E-state index in [4.69, 9.17) is 4.42 Å². The summed E-state index contributed by atoms with van der Waals surface area (Å²) in [4.78, 5) is 0. The van der Waals surface area contributed by atoms with Crippen molar-refractivity contribution in [3.05, 3.63) is 22.6 Å². The minimum absolute atomic E-state index is 0.994. The number of aryl methyl sites for hydroxylation is 1. The maximum Gasteiger partial charge on any atom is 0.117 e. The fourth-order valence-electron chi connectivity index (χ4n) is 0.929. The molecule has 2 nitrogen and oxygen atoms in total. The van der Waals surface area contributed by atoms with Crippen LogP contribution >= 0.6 is 15.9 Å². The van der Waals surface area contributed by atoms with E-state index in [-0.39, 0.29) is 0 Å². The van der Waals surface area contributed by atoms with Crippen molar-refractivity contribution in [2.24, 2.45) is 0 Å². The zero-order valence-electron chi connectivity index (χ0n) is 6.56. The minimum atomic E-state index is 0.994. The van der Waals surface area contributed by atoms with Crippen LogP contribution in [0.5, 0.6) is 0 Å². The second kappa shape index (κ2) is 4.57. The molecule has 0 aliphatic heterocycles. The summed E-state index contributed by atoms with van der Waals surface area (Å²) in [6, 6.07) is 1.93. The van der Waals surface area contributed by atoms with E-state index in [0.29, 0.717) is 0 Å². The fraction of sp³-hybridized carbons (Fsp3) is 0.500. The van der Waals surface area contributed by atoms with Crippen molar-refractivity contribution in [1.82, 2.24) is 5.32 Å². The average molecular weight is 218 g/mol.